The first-order valence-electron chi connectivity index (χ1n) is 11.1. The van der Waals surface area contributed by atoms with Gasteiger partial charge in [0.1, 0.15) is 5.82 Å². The second-order valence-electron chi connectivity index (χ2n) is 8.29. The predicted molar refractivity (Wildman–Crippen MR) is 126 cm³/mol. The van der Waals surface area contributed by atoms with E-state index in [1.807, 2.05) is 24.3 Å². The van der Waals surface area contributed by atoms with Crippen LogP contribution in [0.1, 0.15) is 18.4 Å². The largest absolute Gasteiger partial charge is 0.376 e. The van der Waals surface area contributed by atoms with Gasteiger partial charge < -0.3 is 15.0 Å². The molecular formula is C24H28ClN5O. The molecule has 0 radical (unpaired) electrons. The van der Waals surface area contributed by atoms with E-state index >= 15 is 0 Å². The molecule has 7 heteroatoms. The number of nitrogens with one attached hydrogen (secondary N) is 1. The SMILES string of the molecule is Clc1ccc(CN2CCN(c3nc(NCC4CCCO4)c4ccccc4n3)CC2)cc1. The highest BCUT2D eigenvalue weighted by Gasteiger charge is 2.21. The number of hydrogen-bond donors (Lipinski definition) is 1. The van der Waals surface area contributed by atoms with Crippen molar-refractivity contribution >= 4 is 34.3 Å². The molecule has 5 rings (SSSR count). The van der Waals surface area contributed by atoms with Crippen molar-refractivity contribution in [1.29, 1.82) is 0 Å². The standard InChI is InChI=1S/C24H28ClN5O/c25-19-9-7-18(8-10-19)17-29-11-13-30(14-12-29)24-27-22-6-2-1-5-21(22)23(28-24)26-16-20-4-3-15-31-20/h1-2,5-10,20H,3-4,11-17H2,(H,26,27,28). The summed E-state index contributed by atoms with van der Waals surface area (Å²) < 4.78 is 5.77. The van der Waals surface area contributed by atoms with E-state index in [-0.39, 0.29) is 6.10 Å². The Hall–Kier alpha value is -2.41. The first-order valence-corrected chi connectivity index (χ1v) is 11.5. The van der Waals surface area contributed by atoms with Gasteiger partial charge in [0.15, 0.2) is 0 Å². The van der Waals surface area contributed by atoms with Gasteiger partial charge in [0.2, 0.25) is 5.95 Å². The van der Waals surface area contributed by atoms with Crippen LogP contribution in [0.25, 0.3) is 10.9 Å². The first kappa shape index (κ1) is 20.5. The number of aromatic nitrogens is 2. The maximum atomic E-state index is 6.01. The van der Waals surface area contributed by atoms with Crippen molar-refractivity contribution in [2.24, 2.45) is 0 Å². The highest BCUT2D eigenvalue weighted by Crippen LogP contribution is 2.25. The summed E-state index contributed by atoms with van der Waals surface area (Å²) in [5, 5.41) is 5.38. The molecule has 0 spiro atoms. The van der Waals surface area contributed by atoms with E-state index < -0.39 is 0 Å². The van der Waals surface area contributed by atoms with Crippen molar-refractivity contribution in [1.82, 2.24) is 14.9 Å². The van der Waals surface area contributed by atoms with Gasteiger partial charge in [-0.2, -0.15) is 4.98 Å². The van der Waals surface area contributed by atoms with E-state index in [0.29, 0.717) is 0 Å². The molecule has 6 nitrogen and oxygen atoms in total. The van der Waals surface area contributed by atoms with E-state index in [2.05, 4.69) is 39.4 Å². The van der Waals surface area contributed by atoms with Gasteiger partial charge in [-0.1, -0.05) is 35.9 Å². The molecule has 3 heterocycles. The van der Waals surface area contributed by atoms with Crippen molar-refractivity contribution in [3.8, 4) is 0 Å². The number of para-hydroxylation sites is 1. The third-order valence-corrected chi connectivity index (χ3v) is 6.34. The van der Waals surface area contributed by atoms with Crippen molar-refractivity contribution in [3.05, 3.63) is 59.1 Å². The maximum Gasteiger partial charge on any atom is 0.227 e. The van der Waals surface area contributed by atoms with E-state index in [1.54, 1.807) is 0 Å². The maximum absolute atomic E-state index is 6.01. The van der Waals surface area contributed by atoms with Crippen LogP contribution in [-0.2, 0) is 11.3 Å². The fourth-order valence-electron chi connectivity index (χ4n) is 4.31. The Bertz CT molecular complexity index is 1010. The fraction of sp³-hybridized carbons (Fsp3) is 0.417. The number of fused-ring (bicyclic) bond motifs is 1. The molecule has 2 aliphatic heterocycles. The van der Waals surface area contributed by atoms with Crippen molar-refractivity contribution in [2.75, 3.05) is 49.5 Å². The summed E-state index contributed by atoms with van der Waals surface area (Å²) in [6.07, 6.45) is 2.52. The highest BCUT2D eigenvalue weighted by atomic mass is 35.5. The van der Waals surface area contributed by atoms with Gasteiger partial charge in [-0.15, -0.1) is 0 Å². The molecule has 3 aromatic rings. The first-order chi connectivity index (χ1) is 15.2. The van der Waals surface area contributed by atoms with Gasteiger partial charge in [0, 0.05) is 56.3 Å². The lowest BCUT2D eigenvalue weighted by molar-refractivity contribution is 0.120. The lowest BCUT2D eigenvalue weighted by Crippen LogP contribution is -2.46. The molecule has 0 saturated carbocycles. The Morgan fingerprint density at radius 1 is 1.00 bits per heavy atom. The molecule has 162 valence electrons. The van der Waals surface area contributed by atoms with Crippen molar-refractivity contribution < 1.29 is 4.74 Å². The average Bonchev–Trinajstić information content (AvgIpc) is 3.33. The minimum atomic E-state index is 0.272. The van der Waals surface area contributed by atoms with Gasteiger partial charge in [0.05, 0.1) is 11.6 Å². The van der Waals surface area contributed by atoms with Crippen LogP contribution in [0.15, 0.2) is 48.5 Å². The van der Waals surface area contributed by atoms with Gasteiger partial charge >= 0.3 is 0 Å². The van der Waals surface area contributed by atoms with Crippen LogP contribution >= 0.6 is 11.6 Å². The Balaban J connectivity index is 1.28. The number of ether oxygens (including phenoxy) is 1. The molecule has 1 unspecified atom stereocenters. The molecule has 0 bridgehead atoms. The summed E-state index contributed by atoms with van der Waals surface area (Å²) in [6, 6.07) is 16.4. The quantitative estimate of drug-likeness (QED) is 0.623. The Morgan fingerprint density at radius 2 is 1.81 bits per heavy atom. The van der Waals surface area contributed by atoms with Crippen LogP contribution in [0.2, 0.25) is 5.02 Å². The van der Waals surface area contributed by atoms with Crippen LogP contribution in [-0.4, -0.2) is 60.3 Å². The molecule has 2 aliphatic rings. The zero-order valence-corrected chi connectivity index (χ0v) is 18.4. The number of nitrogens with zero attached hydrogens (tertiary/aromatic N) is 4. The molecule has 2 fully saturated rings. The lowest BCUT2D eigenvalue weighted by Gasteiger charge is -2.35. The van der Waals surface area contributed by atoms with Crippen LogP contribution in [0.4, 0.5) is 11.8 Å². The van der Waals surface area contributed by atoms with Gasteiger partial charge in [-0.3, -0.25) is 4.90 Å². The number of anilines is 2. The number of rotatable bonds is 6. The Labute approximate surface area is 188 Å². The number of hydrogen-bond acceptors (Lipinski definition) is 6. The summed E-state index contributed by atoms with van der Waals surface area (Å²) in [4.78, 5) is 14.6. The van der Waals surface area contributed by atoms with E-state index in [4.69, 9.17) is 26.3 Å². The molecule has 31 heavy (non-hydrogen) atoms. The normalized spacial score (nSPS) is 19.8. The summed E-state index contributed by atoms with van der Waals surface area (Å²) in [7, 11) is 0. The lowest BCUT2D eigenvalue weighted by atomic mass is 10.2. The van der Waals surface area contributed by atoms with Gasteiger partial charge in [-0.25, -0.2) is 4.98 Å². The number of piperazine rings is 1. The third kappa shape index (κ3) is 4.92. The van der Waals surface area contributed by atoms with Crippen LogP contribution in [0.3, 0.4) is 0 Å². The molecular weight excluding hydrogens is 410 g/mol. The molecule has 1 atom stereocenters. The number of benzene rings is 2. The molecule has 1 aromatic heterocycles. The third-order valence-electron chi connectivity index (χ3n) is 6.09. The van der Waals surface area contributed by atoms with Crippen LogP contribution in [0.5, 0.6) is 0 Å². The summed E-state index contributed by atoms with van der Waals surface area (Å²) in [5.41, 5.74) is 2.27. The average molecular weight is 438 g/mol. The second-order valence-corrected chi connectivity index (χ2v) is 8.73. The topological polar surface area (TPSA) is 53.5 Å². The van der Waals surface area contributed by atoms with E-state index in [0.717, 1.165) is 86.4 Å². The fourth-order valence-corrected chi connectivity index (χ4v) is 4.44. The van der Waals surface area contributed by atoms with Gasteiger partial charge in [-0.05, 0) is 42.7 Å². The monoisotopic (exact) mass is 437 g/mol. The zero-order chi connectivity index (χ0) is 21.0. The summed E-state index contributed by atoms with van der Waals surface area (Å²) in [5.74, 6) is 1.71. The van der Waals surface area contributed by atoms with Gasteiger partial charge in [0.25, 0.3) is 0 Å². The summed E-state index contributed by atoms with van der Waals surface area (Å²) in [6.45, 7) is 6.39. The van der Waals surface area contributed by atoms with Crippen LogP contribution in [0, 0.1) is 0 Å². The van der Waals surface area contributed by atoms with Crippen molar-refractivity contribution in [3.63, 3.8) is 0 Å². The molecule has 0 aliphatic carbocycles. The molecule has 0 amide bonds. The Morgan fingerprint density at radius 3 is 2.58 bits per heavy atom. The zero-order valence-electron chi connectivity index (χ0n) is 17.6. The predicted octanol–water partition coefficient (Wildman–Crippen LogP) is 4.20. The smallest absolute Gasteiger partial charge is 0.227 e. The van der Waals surface area contributed by atoms with Crippen LogP contribution < -0.4 is 10.2 Å². The minimum Gasteiger partial charge on any atom is -0.376 e. The molecule has 2 saturated heterocycles. The molecule has 2 aromatic carbocycles. The second kappa shape index (κ2) is 9.39. The highest BCUT2D eigenvalue weighted by molar-refractivity contribution is 6.30. The summed E-state index contributed by atoms with van der Waals surface area (Å²) >= 11 is 6.01. The minimum absolute atomic E-state index is 0.272. The van der Waals surface area contributed by atoms with E-state index in [1.165, 1.54) is 5.56 Å². The number of halogens is 1. The van der Waals surface area contributed by atoms with Crippen molar-refractivity contribution in [2.45, 2.75) is 25.5 Å². The molecule has 1 N–H and O–H groups in total. The van der Waals surface area contributed by atoms with E-state index in [9.17, 15) is 0 Å². The Kier molecular flexibility index (Phi) is 6.20.